The van der Waals surface area contributed by atoms with Crippen LogP contribution in [-0.2, 0) is 13.1 Å². The van der Waals surface area contributed by atoms with E-state index in [0.717, 1.165) is 18.8 Å². The largest absolute Gasteiger partial charge is 0.316 e. The van der Waals surface area contributed by atoms with E-state index in [1.807, 2.05) is 42.0 Å². The molecule has 0 aliphatic heterocycles. The van der Waals surface area contributed by atoms with Crippen molar-refractivity contribution in [1.29, 1.82) is 0 Å². The maximum Gasteiger partial charge on any atom is 0.0503 e. The molecule has 0 spiro atoms. The molecule has 0 amide bonds. The third-order valence-corrected chi connectivity index (χ3v) is 3.44. The smallest absolute Gasteiger partial charge is 0.0503 e. The summed E-state index contributed by atoms with van der Waals surface area (Å²) in [4.78, 5) is 1.32. The molecule has 0 radical (unpaired) electrons. The zero-order chi connectivity index (χ0) is 11.9. The molecule has 1 aromatic carbocycles. The highest BCUT2D eigenvalue weighted by molar-refractivity contribution is 7.99. The summed E-state index contributed by atoms with van der Waals surface area (Å²) >= 11 is 1.86. The number of hydrogen-bond acceptors (Lipinski definition) is 3. The van der Waals surface area contributed by atoms with E-state index in [-0.39, 0.29) is 0 Å². The van der Waals surface area contributed by atoms with E-state index in [1.165, 1.54) is 10.5 Å². The van der Waals surface area contributed by atoms with Crippen molar-refractivity contribution in [3.8, 4) is 0 Å². The molecule has 0 aliphatic carbocycles. The Bertz CT molecular complexity index is 422. The molecule has 17 heavy (non-hydrogen) atoms. The number of benzene rings is 1. The average Bonchev–Trinajstić information content (AvgIpc) is 2.85. The molecule has 0 saturated heterocycles. The Morgan fingerprint density at radius 1 is 1.29 bits per heavy atom. The lowest BCUT2D eigenvalue weighted by molar-refractivity contribution is 0.666. The average molecular weight is 247 g/mol. The van der Waals surface area contributed by atoms with Crippen molar-refractivity contribution in [3.63, 3.8) is 0 Å². The van der Waals surface area contributed by atoms with Crippen LogP contribution >= 0.6 is 11.8 Å². The molecule has 0 bridgehead atoms. The van der Waals surface area contributed by atoms with E-state index in [4.69, 9.17) is 0 Å². The van der Waals surface area contributed by atoms with Gasteiger partial charge in [0.25, 0.3) is 0 Å². The molecule has 0 saturated carbocycles. The summed E-state index contributed by atoms with van der Waals surface area (Å²) in [6, 6.07) is 10.7. The van der Waals surface area contributed by atoms with Crippen LogP contribution in [0.2, 0.25) is 0 Å². The van der Waals surface area contributed by atoms with Gasteiger partial charge in [0.15, 0.2) is 0 Å². The zero-order valence-corrected chi connectivity index (χ0v) is 10.8. The van der Waals surface area contributed by atoms with Gasteiger partial charge in [0.2, 0.25) is 0 Å². The minimum absolute atomic E-state index is 0.929. The van der Waals surface area contributed by atoms with Crippen molar-refractivity contribution in [2.45, 2.75) is 18.0 Å². The molecule has 2 aromatic rings. The summed E-state index contributed by atoms with van der Waals surface area (Å²) in [6.45, 7) is 1.88. The first kappa shape index (κ1) is 12.2. The quantitative estimate of drug-likeness (QED) is 0.795. The third kappa shape index (κ3) is 3.91. The van der Waals surface area contributed by atoms with E-state index >= 15 is 0 Å². The highest BCUT2D eigenvalue weighted by Gasteiger charge is 1.96. The fraction of sp³-hybridized carbons (Fsp3) is 0.308. The minimum atomic E-state index is 0.929. The van der Waals surface area contributed by atoms with Gasteiger partial charge in [0.05, 0.1) is 6.54 Å². The monoisotopic (exact) mass is 247 g/mol. The molecule has 0 unspecified atom stereocenters. The topological polar surface area (TPSA) is 29.9 Å². The Morgan fingerprint density at radius 3 is 2.76 bits per heavy atom. The Hall–Kier alpha value is -1.26. The van der Waals surface area contributed by atoms with Crippen LogP contribution < -0.4 is 5.32 Å². The molecular formula is C13H17N3S. The molecule has 90 valence electrons. The van der Waals surface area contributed by atoms with Crippen LogP contribution in [0.5, 0.6) is 0 Å². The second kappa shape index (κ2) is 6.47. The second-order valence-corrected chi connectivity index (χ2v) is 4.96. The van der Waals surface area contributed by atoms with Crippen molar-refractivity contribution in [2.75, 3.05) is 12.8 Å². The van der Waals surface area contributed by atoms with Gasteiger partial charge >= 0.3 is 0 Å². The van der Waals surface area contributed by atoms with Crippen molar-refractivity contribution in [2.24, 2.45) is 0 Å². The first-order chi connectivity index (χ1) is 8.38. The van der Waals surface area contributed by atoms with E-state index < -0.39 is 0 Å². The van der Waals surface area contributed by atoms with Gasteiger partial charge < -0.3 is 5.32 Å². The van der Waals surface area contributed by atoms with E-state index in [2.05, 4.69) is 34.7 Å². The summed E-state index contributed by atoms with van der Waals surface area (Å²) in [5.74, 6) is 1.05. The van der Waals surface area contributed by atoms with Crippen LogP contribution in [0.15, 0.2) is 47.6 Å². The second-order valence-electron chi connectivity index (χ2n) is 3.79. The van der Waals surface area contributed by atoms with E-state index in [9.17, 15) is 0 Å². The number of aromatic nitrogens is 2. The van der Waals surface area contributed by atoms with Crippen molar-refractivity contribution < 1.29 is 0 Å². The Balaban J connectivity index is 1.79. The third-order valence-electron chi connectivity index (χ3n) is 2.45. The molecule has 4 heteroatoms. The van der Waals surface area contributed by atoms with E-state index in [1.54, 1.807) is 0 Å². The summed E-state index contributed by atoms with van der Waals surface area (Å²) < 4.78 is 1.96. The van der Waals surface area contributed by atoms with Gasteiger partial charge in [-0.15, -0.1) is 11.8 Å². The predicted octanol–water partition coefficient (Wildman–Crippen LogP) is 2.39. The number of aryl methyl sites for hydroxylation is 1. The number of rotatable bonds is 6. The molecule has 1 N–H and O–H groups in total. The van der Waals surface area contributed by atoms with Crippen LogP contribution in [-0.4, -0.2) is 22.6 Å². The zero-order valence-electron chi connectivity index (χ0n) is 9.97. The van der Waals surface area contributed by atoms with Gasteiger partial charge in [-0.2, -0.15) is 5.10 Å². The minimum Gasteiger partial charge on any atom is -0.316 e. The highest BCUT2D eigenvalue weighted by atomic mass is 32.2. The maximum atomic E-state index is 4.18. The molecule has 1 aromatic heterocycles. The predicted molar refractivity (Wildman–Crippen MR) is 72.2 cm³/mol. The Morgan fingerprint density at radius 2 is 2.12 bits per heavy atom. The molecule has 0 fully saturated rings. The fourth-order valence-electron chi connectivity index (χ4n) is 1.60. The van der Waals surface area contributed by atoms with Crippen molar-refractivity contribution in [3.05, 3.63) is 48.3 Å². The first-order valence-electron chi connectivity index (χ1n) is 5.72. The number of nitrogens with zero attached hydrogens (tertiary/aromatic N) is 2. The van der Waals surface area contributed by atoms with Crippen LogP contribution in [0.1, 0.15) is 5.56 Å². The lowest BCUT2D eigenvalue weighted by Crippen LogP contribution is -2.04. The first-order valence-corrected chi connectivity index (χ1v) is 6.71. The molecule has 0 atom stereocenters. The number of hydrogen-bond donors (Lipinski definition) is 1. The summed E-state index contributed by atoms with van der Waals surface area (Å²) in [7, 11) is 1.97. The summed E-state index contributed by atoms with van der Waals surface area (Å²) in [5.41, 5.74) is 1.32. The van der Waals surface area contributed by atoms with E-state index in [0.29, 0.717) is 0 Å². The Labute approximate surface area is 106 Å². The molecule has 0 aliphatic rings. The Kier molecular flexibility index (Phi) is 4.64. The van der Waals surface area contributed by atoms with Gasteiger partial charge in [0, 0.05) is 29.6 Å². The van der Waals surface area contributed by atoms with Crippen molar-refractivity contribution in [1.82, 2.24) is 15.1 Å². The lowest BCUT2D eigenvalue weighted by atomic mass is 10.2. The normalized spacial score (nSPS) is 10.6. The molecule has 1 heterocycles. The van der Waals surface area contributed by atoms with Crippen LogP contribution in [0, 0.1) is 0 Å². The van der Waals surface area contributed by atoms with Crippen molar-refractivity contribution >= 4 is 11.8 Å². The van der Waals surface area contributed by atoms with Gasteiger partial charge in [-0.05, 0) is 30.8 Å². The van der Waals surface area contributed by atoms with Gasteiger partial charge in [-0.1, -0.05) is 12.1 Å². The van der Waals surface area contributed by atoms with Gasteiger partial charge in [-0.25, -0.2) is 0 Å². The fourth-order valence-corrected chi connectivity index (χ4v) is 2.44. The molecule has 3 nitrogen and oxygen atoms in total. The van der Waals surface area contributed by atoms with Gasteiger partial charge in [0.1, 0.15) is 0 Å². The standard InChI is InChI=1S/C13H17N3S/c1-14-11-12-3-5-13(6-4-12)17-10-9-16-8-2-7-15-16/h2-8,14H,9-11H2,1H3. The van der Waals surface area contributed by atoms with Crippen LogP contribution in [0.25, 0.3) is 0 Å². The summed E-state index contributed by atoms with van der Waals surface area (Å²) in [5, 5.41) is 7.33. The number of thioether (sulfide) groups is 1. The molecule has 2 rings (SSSR count). The molecular weight excluding hydrogens is 230 g/mol. The number of nitrogens with one attached hydrogen (secondary N) is 1. The maximum absolute atomic E-state index is 4.18. The van der Waals surface area contributed by atoms with Gasteiger partial charge in [-0.3, -0.25) is 4.68 Å². The highest BCUT2D eigenvalue weighted by Crippen LogP contribution is 2.18. The summed E-state index contributed by atoms with van der Waals surface area (Å²) in [6.07, 6.45) is 3.81. The lowest BCUT2D eigenvalue weighted by Gasteiger charge is -2.04. The van der Waals surface area contributed by atoms with Crippen LogP contribution in [0.3, 0.4) is 0 Å². The SMILES string of the molecule is CNCc1ccc(SCCn2cccn2)cc1. The van der Waals surface area contributed by atoms with Crippen LogP contribution in [0.4, 0.5) is 0 Å².